The van der Waals surface area contributed by atoms with Gasteiger partial charge in [0.15, 0.2) is 5.78 Å². The van der Waals surface area contributed by atoms with Gasteiger partial charge in [0.05, 0.1) is 0 Å². The Hall–Kier alpha value is -0.860. The molecule has 1 fully saturated rings. The summed E-state index contributed by atoms with van der Waals surface area (Å²) >= 11 is 0. The molecule has 1 rings (SSSR count). The third kappa shape index (κ3) is 1.90. The van der Waals surface area contributed by atoms with Gasteiger partial charge in [-0.25, -0.2) is 0 Å². The minimum absolute atomic E-state index is 0.00824. The number of ketones is 1. The minimum atomic E-state index is -1.20. The van der Waals surface area contributed by atoms with E-state index in [2.05, 4.69) is 0 Å². The molecule has 0 amide bonds. The number of hydrogen-bond donors (Lipinski definition) is 1. The normalized spacial score (nSPS) is 18.9. The van der Waals surface area contributed by atoms with Gasteiger partial charge in [-0.05, 0) is 26.7 Å². The Morgan fingerprint density at radius 3 is 2.08 bits per heavy atom. The second-order valence-corrected chi connectivity index (χ2v) is 4.28. The van der Waals surface area contributed by atoms with Crippen LogP contribution in [0.3, 0.4) is 0 Å². The maximum atomic E-state index is 11.7. The van der Waals surface area contributed by atoms with Gasteiger partial charge in [0.25, 0.3) is 0 Å². The first-order valence-corrected chi connectivity index (χ1v) is 4.74. The Morgan fingerprint density at radius 1 is 1.23 bits per heavy atom. The summed E-state index contributed by atoms with van der Waals surface area (Å²) in [6.07, 6.45) is 3.86. The van der Waals surface area contributed by atoms with Crippen molar-refractivity contribution in [2.24, 2.45) is 11.3 Å². The summed E-state index contributed by atoms with van der Waals surface area (Å²) in [5, 5.41) is 8.85. The van der Waals surface area contributed by atoms with Crippen LogP contribution in [0.1, 0.15) is 39.5 Å². The first-order valence-electron chi connectivity index (χ1n) is 4.74. The van der Waals surface area contributed by atoms with Crippen LogP contribution in [0.2, 0.25) is 0 Å². The smallest absolute Gasteiger partial charge is 0.316 e. The van der Waals surface area contributed by atoms with E-state index < -0.39 is 11.4 Å². The second kappa shape index (κ2) is 3.48. The van der Waals surface area contributed by atoms with E-state index in [9.17, 15) is 9.59 Å². The van der Waals surface area contributed by atoms with E-state index in [0.29, 0.717) is 0 Å². The topological polar surface area (TPSA) is 54.4 Å². The molecule has 0 saturated heterocycles. The van der Waals surface area contributed by atoms with Gasteiger partial charge in [0.2, 0.25) is 0 Å². The van der Waals surface area contributed by atoms with E-state index in [0.717, 1.165) is 25.7 Å². The number of aliphatic carboxylic acids is 1. The summed E-state index contributed by atoms with van der Waals surface area (Å²) in [4.78, 5) is 22.5. The molecule has 74 valence electrons. The van der Waals surface area contributed by atoms with Crippen molar-refractivity contribution in [3.8, 4) is 0 Å². The largest absolute Gasteiger partial charge is 0.481 e. The molecule has 13 heavy (non-hydrogen) atoms. The lowest BCUT2D eigenvalue weighted by Crippen LogP contribution is -2.37. The summed E-state index contributed by atoms with van der Waals surface area (Å²) in [6.45, 7) is 2.99. The third-order valence-corrected chi connectivity index (χ3v) is 2.88. The van der Waals surface area contributed by atoms with E-state index in [1.165, 1.54) is 13.8 Å². The second-order valence-electron chi connectivity index (χ2n) is 4.28. The highest BCUT2D eigenvalue weighted by molar-refractivity contribution is 6.03. The molecule has 0 aliphatic heterocycles. The molecular weight excluding hydrogens is 168 g/mol. The molecule has 1 saturated carbocycles. The van der Waals surface area contributed by atoms with Crippen LogP contribution in [0.25, 0.3) is 0 Å². The fourth-order valence-corrected chi connectivity index (χ4v) is 1.80. The number of carboxylic acid groups (broad SMARTS) is 1. The lowest BCUT2D eigenvalue weighted by molar-refractivity contribution is -0.154. The highest BCUT2D eigenvalue weighted by atomic mass is 16.4. The van der Waals surface area contributed by atoms with Gasteiger partial charge >= 0.3 is 5.97 Å². The molecule has 0 unspecified atom stereocenters. The Balaban J connectivity index is 2.70. The van der Waals surface area contributed by atoms with Crippen molar-refractivity contribution in [1.29, 1.82) is 0 Å². The van der Waals surface area contributed by atoms with Crippen LogP contribution in [0.5, 0.6) is 0 Å². The lowest BCUT2D eigenvalue weighted by atomic mass is 9.80. The van der Waals surface area contributed by atoms with Gasteiger partial charge < -0.3 is 5.11 Å². The van der Waals surface area contributed by atoms with Crippen molar-refractivity contribution in [2.45, 2.75) is 39.5 Å². The van der Waals surface area contributed by atoms with E-state index in [4.69, 9.17) is 5.11 Å². The molecule has 1 aliphatic rings. The number of carboxylic acids is 1. The van der Waals surface area contributed by atoms with Crippen molar-refractivity contribution >= 4 is 11.8 Å². The van der Waals surface area contributed by atoms with E-state index in [1.807, 2.05) is 0 Å². The van der Waals surface area contributed by atoms with Crippen LogP contribution in [-0.2, 0) is 9.59 Å². The average Bonchev–Trinajstić information content (AvgIpc) is 2.54. The molecule has 0 aromatic rings. The fourth-order valence-electron chi connectivity index (χ4n) is 1.80. The predicted molar refractivity (Wildman–Crippen MR) is 48.4 cm³/mol. The number of rotatable bonds is 3. The number of carbonyl (C=O) groups excluding carboxylic acids is 1. The SMILES string of the molecule is CC(C)(C(=O)O)C(=O)C1CCCC1. The number of hydrogen-bond acceptors (Lipinski definition) is 2. The molecule has 0 aromatic carbocycles. The number of Topliss-reactive ketones (excluding diaryl/α,β-unsaturated/α-hetero) is 1. The van der Waals surface area contributed by atoms with Crippen molar-refractivity contribution < 1.29 is 14.7 Å². The Kier molecular flexibility index (Phi) is 2.74. The quantitative estimate of drug-likeness (QED) is 0.681. The van der Waals surface area contributed by atoms with Crippen LogP contribution < -0.4 is 0 Å². The van der Waals surface area contributed by atoms with Gasteiger partial charge in [-0.2, -0.15) is 0 Å². The first-order chi connectivity index (χ1) is 5.96. The molecule has 0 atom stereocenters. The van der Waals surface area contributed by atoms with E-state index >= 15 is 0 Å². The number of carbonyl (C=O) groups is 2. The molecule has 0 radical (unpaired) electrons. The van der Waals surface area contributed by atoms with Crippen LogP contribution >= 0.6 is 0 Å². The van der Waals surface area contributed by atoms with Crippen molar-refractivity contribution in [2.75, 3.05) is 0 Å². The molecule has 0 bridgehead atoms. The molecule has 0 spiro atoms. The van der Waals surface area contributed by atoms with Crippen molar-refractivity contribution in [3.05, 3.63) is 0 Å². The molecule has 3 nitrogen and oxygen atoms in total. The Bertz CT molecular complexity index is 224. The lowest BCUT2D eigenvalue weighted by Gasteiger charge is -2.21. The molecule has 0 aromatic heterocycles. The van der Waals surface area contributed by atoms with Crippen LogP contribution in [0.15, 0.2) is 0 Å². The van der Waals surface area contributed by atoms with Gasteiger partial charge in [-0.1, -0.05) is 12.8 Å². The molecule has 1 N–H and O–H groups in total. The zero-order valence-corrected chi connectivity index (χ0v) is 8.17. The van der Waals surface area contributed by atoms with Crippen LogP contribution in [0.4, 0.5) is 0 Å². The highest BCUT2D eigenvalue weighted by Crippen LogP contribution is 2.32. The van der Waals surface area contributed by atoms with Crippen LogP contribution in [-0.4, -0.2) is 16.9 Å². The van der Waals surface area contributed by atoms with E-state index in [1.54, 1.807) is 0 Å². The Labute approximate surface area is 78.1 Å². The molecule has 0 heterocycles. The summed E-state index contributed by atoms with van der Waals surface area (Å²) in [6, 6.07) is 0. The summed E-state index contributed by atoms with van der Waals surface area (Å²) in [7, 11) is 0. The minimum Gasteiger partial charge on any atom is -0.481 e. The zero-order valence-electron chi connectivity index (χ0n) is 8.17. The fraction of sp³-hybridized carbons (Fsp3) is 0.800. The molecule has 3 heteroatoms. The summed E-state index contributed by atoms with van der Waals surface area (Å²) < 4.78 is 0. The van der Waals surface area contributed by atoms with Crippen LogP contribution in [0, 0.1) is 11.3 Å². The third-order valence-electron chi connectivity index (χ3n) is 2.88. The summed E-state index contributed by atoms with van der Waals surface area (Å²) in [5.74, 6) is -1.12. The first kappa shape index (κ1) is 10.2. The standard InChI is InChI=1S/C10H16O3/c1-10(2,9(12)13)8(11)7-5-3-4-6-7/h7H,3-6H2,1-2H3,(H,12,13). The Morgan fingerprint density at radius 2 is 1.69 bits per heavy atom. The van der Waals surface area contributed by atoms with Crippen molar-refractivity contribution in [3.63, 3.8) is 0 Å². The van der Waals surface area contributed by atoms with Crippen molar-refractivity contribution in [1.82, 2.24) is 0 Å². The molecular formula is C10H16O3. The van der Waals surface area contributed by atoms with Gasteiger partial charge in [0.1, 0.15) is 5.41 Å². The van der Waals surface area contributed by atoms with Gasteiger partial charge in [-0.15, -0.1) is 0 Å². The highest BCUT2D eigenvalue weighted by Gasteiger charge is 2.40. The predicted octanol–water partition coefficient (Wildman–Crippen LogP) is 1.86. The maximum absolute atomic E-state index is 11.7. The monoisotopic (exact) mass is 184 g/mol. The average molecular weight is 184 g/mol. The maximum Gasteiger partial charge on any atom is 0.316 e. The molecule has 1 aliphatic carbocycles. The van der Waals surface area contributed by atoms with E-state index in [-0.39, 0.29) is 11.7 Å². The summed E-state index contributed by atoms with van der Waals surface area (Å²) in [5.41, 5.74) is -1.20. The van der Waals surface area contributed by atoms with Gasteiger partial charge in [0, 0.05) is 5.92 Å². The zero-order chi connectivity index (χ0) is 10.1. The van der Waals surface area contributed by atoms with Gasteiger partial charge in [-0.3, -0.25) is 9.59 Å².